The predicted octanol–water partition coefficient (Wildman–Crippen LogP) is 3.35. The van der Waals surface area contributed by atoms with Crippen molar-refractivity contribution < 1.29 is 19.1 Å². The Balaban J connectivity index is 1.66. The first kappa shape index (κ1) is 20.9. The van der Waals surface area contributed by atoms with Crippen molar-refractivity contribution >= 4 is 29.6 Å². The van der Waals surface area contributed by atoms with Gasteiger partial charge in [0.05, 0.1) is 0 Å². The summed E-state index contributed by atoms with van der Waals surface area (Å²) in [5, 5.41) is 5.28. The van der Waals surface area contributed by atoms with E-state index in [1.54, 1.807) is 42.5 Å². The largest absolute Gasteiger partial charge is 0.490 e. The number of hydrogen-bond donors (Lipinski definition) is 2. The lowest BCUT2D eigenvalue weighted by atomic mass is 10.1. The molecular weight excluding hydrogens is 382 g/mol. The zero-order valence-electron chi connectivity index (χ0n) is 16.7. The highest BCUT2D eigenvalue weighted by Crippen LogP contribution is 2.18. The molecule has 1 aliphatic rings. The molecule has 0 spiro atoms. The summed E-state index contributed by atoms with van der Waals surface area (Å²) in [5.41, 5.74) is 2.48. The first-order valence-corrected chi connectivity index (χ1v) is 9.58. The van der Waals surface area contributed by atoms with Crippen LogP contribution in [0.4, 0.5) is 10.5 Å². The van der Waals surface area contributed by atoms with Crippen LogP contribution in [0.5, 0.6) is 5.75 Å². The Bertz CT molecular complexity index is 996. The highest BCUT2D eigenvalue weighted by molar-refractivity contribution is 6.16. The van der Waals surface area contributed by atoms with Crippen molar-refractivity contribution in [1.29, 1.82) is 0 Å². The average Bonchev–Trinajstić information content (AvgIpc) is 3.01. The molecular formula is C23H23N3O4. The number of para-hydroxylation sites is 1. The first-order valence-electron chi connectivity index (χ1n) is 9.58. The van der Waals surface area contributed by atoms with Crippen molar-refractivity contribution in [2.24, 2.45) is 0 Å². The maximum absolute atomic E-state index is 12.6. The third-order valence-corrected chi connectivity index (χ3v) is 4.50. The van der Waals surface area contributed by atoms with Crippen molar-refractivity contribution in [3.05, 3.63) is 78.0 Å². The van der Waals surface area contributed by atoms with E-state index in [1.165, 1.54) is 0 Å². The second-order valence-electron chi connectivity index (χ2n) is 6.61. The molecule has 0 aromatic heterocycles. The SMILES string of the molecule is C=CCOc1ccc(/C=C2/NC(=O)N(CC(=O)Nc3ccccc3CC)C2=O)cc1. The van der Waals surface area contributed by atoms with Crippen LogP contribution in [0.2, 0.25) is 0 Å². The molecule has 0 radical (unpaired) electrons. The van der Waals surface area contributed by atoms with Gasteiger partial charge in [-0.2, -0.15) is 0 Å². The van der Waals surface area contributed by atoms with Crippen LogP contribution in [0.1, 0.15) is 18.1 Å². The highest BCUT2D eigenvalue weighted by atomic mass is 16.5. The molecule has 0 saturated carbocycles. The minimum Gasteiger partial charge on any atom is -0.490 e. The fourth-order valence-electron chi connectivity index (χ4n) is 2.98. The van der Waals surface area contributed by atoms with Gasteiger partial charge in [0.25, 0.3) is 5.91 Å². The minimum absolute atomic E-state index is 0.113. The monoisotopic (exact) mass is 405 g/mol. The van der Waals surface area contributed by atoms with Crippen molar-refractivity contribution in [3.63, 3.8) is 0 Å². The molecule has 154 valence electrons. The van der Waals surface area contributed by atoms with Gasteiger partial charge in [-0.1, -0.05) is 49.9 Å². The van der Waals surface area contributed by atoms with Gasteiger partial charge in [-0.05, 0) is 41.8 Å². The van der Waals surface area contributed by atoms with E-state index < -0.39 is 17.8 Å². The number of ether oxygens (including phenoxy) is 1. The third-order valence-electron chi connectivity index (χ3n) is 4.50. The Kier molecular flexibility index (Phi) is 6.64. The molecule has 7 heteroatoms. The molecule has 0 bridgehead atoms. The second kappa shape index (κ2) is 9.56. The summed E-state index contributed by atoms with van der Waals surface area (Å²) in [7, 11) is 0. The normalized spacial score (nSPS) is 14.6. The van der Waals surface area contributed by atoms with E-state index in [9.17, 15) is 14.4 Å². The van der Waals surface area contributed by atoms with E-state index >= 15 is 0 Å². The Morgan fingerprint density at radius 1 is 1.17 bits per heavy atom. The maximum Gasteiger partial charge on any atom is 0.329 e. The van der Waals surface area contributed by atoms with Gasteiger partial charge in [0.1, 0.15) is 24.6 Å². The van der Waals surface area contributed by atoms with Gasteiger partial charge in [-0.3, -0.25) is 9.59 Å². The fraction of sp³-hybridized carbons (Fsp3) is 0.174. The summed E-state index contributed by atoms with van der Waals surface area (Å²) in [6, 6.07) is 13.8. The quantitative estimate of drug-likeness (QED) is 0.401. The molecule has 1 fully saturated rings. The molecule has 1 aliphatic heterocycles. The molecule has 0 aliphatic carbocycles. The molecule has 2 aromatic carbocycles. The maximum atomic E-state index is 12.6. The lowest BCUT2D eigenvalue weighted by Crippen LogP contribution is -2.38. The lowest BCUT2D eigenvalue weighted by Gasteiger charge is -2.13. The summed E-state index contributed by atoms with van der Waals surface area (Å²) in [5.74, 6) is -0.320. The highest BCUT2D eigenvalue weighted by Gasteiger charge is 2.34. The summed E-state index contributed by atoms with van der Waals surface area (Å²) in [4.78, 5) is 38.1. The molecule has 1 heterocycles. The number of carbonyl (C=O) groups excluding carboxylic acids is 3. The minimum atomic E-state index is -0.629. The molecule has 7 nitrogen and oxygen atoms in total. The number of carbonyl (C=O) groups is 3. The summed E-state index contributed by atoms with van der Waals surface area (Å²) >= 11 is 0. The Morgan fingerprint density at radius 3 is 2.60 bits per heavy atom. The molecule has 1 saturated heterocycles. The van der Waals surface area contributed by atoms with E-state index in [2.05, 4.69) is 17.2 Å². The van der Waals surface area contributed by atoms with Crippen LogP contribution in [-0.4, -0.2) is 35.9 Å². The number of benzene rings is 2. The standard InChI is InChI=1S/C23H23N3O4/c1-3-13-30-18-11-9-16(10-12-18)14-20-22(28)26(23(29)25-20)15-21(27)24-19-8-6-5-7-17(19)4-2/h3,5-12,14H,1,4,13,15H2,2H3,(H,24,27)(H,25,29)/b20-14+. The number of nitrogens with zero attached hydrogens (tertiary/aromatic N) is 1. The van der Waals surface area contributed by atoms with Gasteiger partial charge in [0, 0.05) is 5.69 Å². The number of rotatable bonds is 8. The van der Waals surface area contributed by atoms with Crippen LogP contribution >= 0.6 is 0 Å². The molecule has 0 atom stereocenters. The first-order chi connectivity index (χ1) is 14.5. The van der Waals surface area contributed by atoms with Gasteiger partial charge in [-0.25, -0.2) is 9.69 Å². The average molecular weight is 405 g/mol. The fourth-order valence-corrected chi connectivity index (χ4v) is 2.98. The number of aryl methyl sites for hydroxylation is 1. The van der Waals surface area contributed by atoms with E-state index in [0.29, 0.717) is 23.6 Å². The zero-order valence-corrected chi connectivity index (χ0v) is 16.7. The lowest BCUT2D eigenvalue weighted by molar-refractivity contribution is -0.127. The zero-order chi connectivity index (χ0) is 21.5. The van der Waals surface area contributed by atoms with Crippen LogP contribution in [0, 0.1) is 0 Å². The predicted molar refractivity (Wildman–Crippen MR) is 115 cm³/mol. The summed E-state index contributed by atoms with van der Waals surface area (Å²) in [6.45, 7) is 5.61. The van der Waals surface area contributed by atoms with E-state index in [-0.39, 0.29) is 12.2 Å². The molecule has 2 N–H and O–H groups in total. The molecule has 3 rings (SSSR count). The third kappa shape index (κ3) is 4.94. The van der Waals surface area contributed by atoms with Crippen LogP contribution in [0.3, 0.4) is 0 Å². The van der Waals surface area contributed by atoms with Crippen molar-refractivity contribution in [1.82, 2.24) is 10.2 Å². The van der Waals surface area contributed by atoms with Crippen LogP contribution in [-0.2, 0) is 16.0 Å². The Hall–Kier alpha value is -3.87. The molecule has 4 amide bonds. The van der Waals surface area contributed by atoms with E-state index in [0.717, 1.165) is 16.9 Å². The second-order valence-corrected chi connectivity index (χ2v) is 6.61. The number of anilines is 1. The Labute approximate surface area is 175 Å². The number of hydrogen-bond acceptors (Lipinski definition) is 4. The summed E-state index contributed by atoms with van der Waals surface area (Å²) < 4.78 is 5.42. The molecule has 2 aromatic rings. The van der Waals surface area contributed by atoms with Crippen molar-refractivity contribution in [2.45, 2.75) is 13.3 Å². The van der Waals surface area contributed by atoms with E-state index in [1.807, 2.05) is 25.1 Å². The van der Waals surface area contributed by atoms with Gasteiger partial charge >= 0.3 is 6.03 Å². The van der Waals surface area contributed by atoms with Crippen LogP contribution in [0.25, 0.3) is 6.08 Å². The topological polar surface area (TPSA) is 87.7 Å². The van der Waals surface area contributed by atoms with Crippen LogP contribution < -0.4 is 15.4 Å². The van der Waals surface area contributed by atoms with Gasteiger partial charge in [0.2, 0.25) is 5.91 Å². The van der Waals surface area contributed by atoms with Gasteiger partial charge < -0.3 is 15.4 Å². The number of amides is 4. The van der Waals surface area contributed by atoms with E-state index in [4.69, 9.17) is 4.74 Å². The van der Waals surface area contributed by atoms with Gasteiger partial charge in [0.15, 0.2) is 0 Å². The number of nitrogens with one attached hydrogen (secondary N) is 2. The smallest absolute Gasteiger partial charge is 0.329 e. The van der Waals surface area contributed by atoms with Gasteiger partial charge in [-0.15, -0.1) is 0 Å². The molecule has 30 heavy (non-hydrogen) atoms. The summed E-state index contributed by atoms with van der Waals surface area (Å²) in [6.07, 6.45) is 3.96. The number of imide groups is 1. The molecule has 0 unspecified atom stereocenters. The number of urea groups is 1. The Morgan fingerprint density at radius 2 is 1.90 bits per heavy atom. The van der Waals surface area contributed by atoms with Crippen LogP contribution in [0.15, 0.2) is 66.9 Å². The van der Waals surface area contributed by atoms with Crippen molar-refractivity contribution in [3.8, 4) is 5.75 Å². The van der Waals surface area contributed by atoms with Crippen molar-refractivity contribution in [2.75, 3.05) is 18.5 Å².